The lowest BCUT2D eigenvalue weighted by atomic mass is 9.99. The molecule has 1 rings (SSSR count). The Bertz CT molecular complexity index is 203. The van der Waals surface area contributed by atoms with Crippen LogP contribution in [0.25, 0.3) is 0 Å². The Morgan fingerprint density at radius 3 is 2.92 bits per heavy atom. The van der Waals surface area contributed by atoms with E-state index in [1.165, 1.54) is 0 Å². The number of rotatable bonds is 2. The van der Waals surface area contributed by atoms with Crippen molar-refractivity contribution in [3.63, 3.8) is 0 Å². The molecule has 74 valence electrons. The highest BCUT2D eigenvalue weighted by atomic mass is 15.2. The van der Waals surface area contributed by atoms with Gasteiger partial charge >= 0.3 is 0 Å². The van der Waals surface area contributed by atoms with Crippen molar-refractivity contribution < 1.29 is 0 Å². The Balaban J connectivity index is 2.46. The van der Waals surface area contributed by atoms with Gasteiger partial charge in [-0.1, -0.05) is 0 Å². The topological polar surface area (TPSA) is 15.3 Å². The van der Waals surface area contributed by atoms with E-state index in [4.69, 9.17) is 6.42 Å². The molecule has 0 aromatic heterocycles. The number of nitrogens with zero attached hydrogens (tertiary/aromatic N) is 1. The Kier molecular flexibility index (Phi) is 3.35. The standard InChI is InChI=1S/C11H20N2/c1-5-6-7-13-9-11(3,4)12-8-10(13)2/h1,10,12H,6-9H2,2-4H3. The van der Waals surface area contributed by atoms with Gasteiger partial charge in [-0.05, 0) is 20.8 Å². The van der Waals surface area contributed by atoms with Crippen LogP contribution in [0.2, 0.25) is 0 Å². The van der Waals surface area contributed by atoms with Gasteiger partial charge in [0.15, 0.2) is 0 Å². The molecule has 0 saturated carbocycles. The molecule has 0 aromatic rings. The Hall–Kier alpha value is -0.520. The monoisotopic (exact) mass is 180 g/mol. The fourth-order valence-corrected chi connectivity index (χ4v) is 1.78. The van der Waals surface area contributed by atoms with Gasteiger partial charge < -0.3 is 5.32 Å². The van der Waals surface area contributed by atoms with Gasteiger partial charge in [0, 0.05) is 37.6 Å². The third kappa shape index (κ3) is 3.02. The quantitative estimate of drug-likeness (QED) is 0.640. The summed E-state index contributed by atoms with van der Waals surface area (Å²) in [6.45, 7) is 9.92. The molecule has 1 aliphatic rings. The van der Waals surface area contributed by atoms with Crippen LogP contribution >= 0.6 is 0 Å². The maximum Gasteiger partial charge on any atom is 0.0252 e. The van der Waals surface area contributed by atoms with E-state index in [1.54, 1.807) is 0 Å². The van der Waals surface area contributed by atoms with Crippen molar-refractivity contribution >= 4 is 0 Å². The van der Waals surface area contributed by atoms with Gasteiger partial charge in [0.2, 0.25) is 0 Å². The third-order valence-electron chi connectivity index (χ3n) is 2.64. The van der Waals surface area contributed by atoms with E-state index in [0.29, 0.717) is 6.04 Å². The van der Waals surface area contributed by atoms with Gasteiger partial charge in [-0.25, -0.2) is 0 Å². The Morgan fingerprint density at radius 1 is 1.62 bits per heavy atom. The zero-order chi connectivity index (χ0) is 9.90. The van der Waals surface area contributed by atoms with E-state index < -0.39 is 0 Å². The van der Waals surface area contributed by atoms with Gasteiger partial charge in [-0.2, -0.15) is 0 Å². The van der Waals surface area contributed by atoms with Crippen LogP contribution in [0.1, 0.15) is 27.2 Å². The molecule has 1 N–H and O–H groups in total. The van der Waals surface area contributed by atoms with Crippen molar-refractivity contribution in [2.45, 2.75) is 38.8 Å². The number of nitrogens with one attached hydrogen (secondary N) is 1. The van der Waals surface area contributed by atoms with E-state index in [9.17, 15) is 0 Å². The number of hydrogen-bond acceptors (Lipinski definition) is 2. The average Bonchev–Trinajstić information content (AvgIpc) is 2.07. The van der Waals surface area contributed by atoms with Crippen LogP contribution in [0.4, 0.5) is 0 Å². The lowest BCUT2D eigenvalue weighted by molar-refractivity contribution is 0.107. The third-order valence-corrected chi connectivity index (χ3v) is 2.64. The van der Waals surface area contributed by atoms with E-state index in [2.05, 4.69) is 36.9 Å². The first-order valence-electron chi connectivity index (χ1n) is 4.98. The summed E-state index contributed by atoms with van der Waals surface area (Å²) in [5.41, 5.74) is 0.237. The van der Waals surface area contributed by atoms with E-state index in [0.717, 1.165) is 26.1 Å². The predicted octanol–water partition coefficient (Wildman–Crippen LogP) is 1.08. The van der Waals surface area contributed by atoms with Crippen LogP contribution in [0, 0.1) is 12.3 Å². The van der Waals surface area contributed by atoms with E-state index >= 15 is 0 Å². The molecule has 0 amide bonds. The first-order valence-corrected chi connectivity index (χ1v) is 4.98. The zero-order valence-electron chi connectivity index (χ0n) is 8.93. The zero-order valence-corrected chi connectivity index (χ0v) is 8.93. The molecule has 0 spiro atoms. The summed E-state index contributed by atoms with van der Waals surface area (Å²) in [5.74, 6) is 2.70. The van der Waals surface area contributed by atoms with Gasteiger partial charge in [0.05, 0.1) is 0 Å². The molecule has 13 heavy (non-hydrogen) atoms. The molecule has 0 aromatic carbocycles. The number of hydrogen-bond donors (Lipinski definition) is 1. The highest BCUT2D eigenvalue weighted by Crippen LogP contribution is 2.14. The first kappa shape index (κ1) is 10.6. The van der Waals surface area contributed by atoms with Crippen molar-refractivity contribution in [1.29, 1.82) is 0 Å². The molecule has 2 heteroatoms. The van der Waals surface area contributed by atoms with Crippen molar-refractivity contribution in [2.75, 3.05) is 19.6 Å². The summed E-state index contributed by atoms with van der Waals surface area (Å²) < 4.78 is 0. The molecule has 1 saturated heterocycles. The molecule has 1 unspecified atom stereocenters. The van der Waals surface area contributed by atoms with E-state index in [-0.39, 0.29) is 5.54 Å². The molecular weight excluding hydrogens is 160 g/mol. The molecule has 0 bridgehead atoms. The normalized spacial score (nSPS) is 28.3. The van der Waals surface area contributed by atoms with Gasteiger partial charge in [0.25, 0.3) is 0 Å². The lowest BCUT2D eigenvalue weighted by Gasteiger charge is -2.43. The minimum Gasteiger partial charge on any atom is -0.309 e. The largest absolute Gasteiger partial charge is 0.309 e. The van der Waals surface area contributed by atoms with E-state index in [1.807, 2.05) is 0 Å². The summed E-state index contributed by atoms with van der Waals surface area (Å²) in [7, 11) is 0. The minimum atomic E-state index is 0.237. The predicted molar refractivity (Wildman–Crippen MR) is 56.6 cm³/mol. The minimum absolute atomic E-state index is 0.237. The number of piperazine rings is 1. The highest BCUT2D eigenvalue weighted by molar-refractivity contribution is 4.93. The summed E-state index contributed by atoms with van der Waals surface area (Å²) in [6, 6.07) is 0.612. The lowest BCUT2D eigenvalue weighted by Crippen LogP contribution is -2.60. The maximum absolute atomic E-state index is 5.27. The van der Waals surface area contributed by atoms with Crippen LogP contribution in [0.5, 0.6) is 0 Å². The Morgan fingerprint density at radius 2 is 2.31 bits per heavy atom. The highest BCUT2D eigenvalue weighted by Gasteiger charge is 2.29. The van der Waals surface area contributed by atoms with Gasteiger partial charge in [0.1, 0.15) is 0 Å². The summed E-state index contributed by atoms with van der Waals surface area (Å²) in [4.78, 5) is 2.47. The van der Waals surface area contributed by atoms with Crippen molar-refractivity contribution in [3.8, 4) is 12.3 Å². The van der Waals surface area contributed by atoms with Crippen LogP contribution in [0.15, 0.2) is 0 Å². The molecule has 1 heterocycles. The van der Waals surface area contributed by atoms with Crippen molar-refractivity contribution in [1.82, 2.24) is 10.2 Å². The second-order valence-electron chi connectivity index (χ2n) is 4.54. The maximum atomic E-state index is 5.27. The number of terminal acetylenes is 1. The smallest absolute Gasteiger partial charge is 0.0252 e. The SMILES string of the molecule is C#CCCN1CC(C)(C)NCC1C. The molecule has 1 atom stereocenters. The molecule has 1 fully saturated rings. The summed E-state index contributed by atoms with van der Waals surface area (Å²) in [5, 5.41) is 3.52. The Labute approximate surface area is 81.7 Å². The fraction of sp³-hybridized carbons (Fsp3) is 0.818. The first-order chi connectivity index (χ1) is 6.05. The van der Waals surface area contributed by atoms with Gasteiger partial charge in [-0.15, -0.1) is 12.3 Å². The van der Waals surface area contributed by atoms with Crippen molar-refractivity contribution in [3.05, 3.63) is 0 Å². The van der Waals surface area contributed by atoms with Crippen LogP contribution in [-0.4, -0.2) is 36.1 Å². The van der Waals surface area contributed by atoms with Crippen LogP contribution in [0.3, 0.4) is 0 Å². The average molecular weight is 180 g/mol. The second-order valence-corrected chi connectivity index (χ2v) is 4.54. The molecule has 2 nitrogen and oxygen atoms in total. The summed E-state index contributed by atoms with van der Waals surface area (Å²) >= 11 is 0. The summed E-state index contributed by atoms with van der Waals surface area (Å²) in [6.07, 6.45) is 6.13. The molecule has 0 aliphatic carbocycles. The fourth-order valence-electron chi connectivity index (χ4n) is 1.78. The second kappa shape index (κ2) is 4.13. The molecule has 1 aliphatic heterocycles. The van der Waals surface area contributed by atoms with Crippen LogP contribution in [-0.2, 0) is 0 Å². The van der Waals surface area contributed by atoms with Crippen molar-refractivity contribution in [2.24, 2.45) is 0 Å². The molecular formula is C11H20N2. The van der Waals surface area contributed by atoms with Gasteiger partial charge in [-0.3, -0.25) is 4.90 Å². The molecule has 0 radical (unpaired) electrons. The van der Waals surface area contributed by atoms with Crippen LogP contribution < -0.4 is 5.32 Å².